The molecule has 0 bridgehead atoms. The maximum atomic E-state index is 12.8. The third kappa shape index (κ3) is 6.46. The summed E-state index contributed by atoms with van der Waals surface area (Å²) in [5.74, 6) is 0.0131. The van der Waals surface area contributed by atoms with Gasteiger partial charge in [0, 0.05) is 36.9 Å². The summed E-state index contributed by atoms with van der Waals surface area (Å²) in [6.45, 7) is 1.97. The number of carbonyl (C=O) groups excluding carboxylic acids is 2. The fourth-order valence-corrected chi connectivity index (χ4v) is 4.91. The first-order valence-corrected chi connectivity index (χ1v) is 13.8. The molecule has 1 saturated heterocycles. The maximum Gasteiger partial charge on any atom is 0.292 e. The van der Waals surface area contributed by atoms with Crippen LogP contribution in [0.3, 0.4) is 0 Å². The lowest BCUT2D eigenvalue weighted by atomic mass is 10.0. The average Bonchev–Trinajstić information content (AvgIpc) is 3.79. The molecule has 2 aromatic carbocycles. The Bertz CT molecular complexity index is 1390. The second kappa shape index (κ2) is 12.1. The molecular weight excluding hydrogens is 530 g/mol. The van der Waals surface area contributed by atoms with Crippen molar-refractivity contribution in [3.63, 3.8) is 0 Å². The van der Waals surface area contributed by atoms with Crippen molar-refractivity contribution in [2.75, 3.05) is 49.8 Å². The summed E-state index contributed by atoms with van der Waals surface area (Å²) in [5.41, 5.74) is 2.46. The standard InChI is InChI=1S/C29H34ClN7O3/c1-36(2)19-12-14-37(15-13-19)20-10-11-24(25(16-20)40-3)34-29-31-17-22(30)27(35-29)33-23-7-5-4-6-21(23)26(38)28(39)32-18-8-9-18/h4-7,10-11,16-19H,8-9,12-15H2,1-3H3,(H,32,39)(H2,31,33,34,35). The number of rotatable bonds is 10. The van der Waals surface area contributed by atoms with Gasteiger partial charge < -0.3 is 30.5 Å². The number of Topliss-reactive ketones (excluding diaryl/α,β-unsaturated/α-hetero) is 1. The Kier molecular flexibility index (Phi) is 8.37. The topological polar surface area (TPSA) is 112 Å². The van der Waals surface area contributed by atoms with Gasteiger partial charge in [0.15, 0.2) is 5.82 Å². The molecule has 0 unspecified atom stereocenters. The molecule has 1 aliphatic carbocycles. The first-order chi connectivity index (χ1) is 19.3. The Labute approximate surface area is 239 Å². The first-order valence-electron chi connectivity index (χ1n) is 13.4. The predicted octanol–water partition coefficient (Wildman–Crippen LogP) is 4.62. The van der Waals surface area contributed by atoms with E-state index < -0.39 is 11.7 Å². The summed E-state index contributed by atoms with van der Waals surface area (Å²) >= 11 is 6.40. The summed E-state index contributed by atoms with van der Waals surface area (Å²) in [7, 11) is 5.90. The number of para-hydroxylation sites is 1. The number of hydrogen-bond donors (Lipinski definition) is 3. The lowest BCUT2D eigenvalue weighted by Crippen LogP contribution is -2.41. The minimum atomic E-state index is -0.620. The number of nitrogens with one attached hydrogen (secondary N) is 3. The highest BCUT2D eigenvalue weighted by Gasteiger charge is 2.28. The zero-order chi connectivity index (χ0) is 28.2. The normalized spacial score (nSPS) is 15.6. The van der Waals surface area contributed by atoms with E-state index in [1.165, 1.54) is 6.20 Å². The summed E-state index contributed by atoms with van der Waals surface area (Å²) < 4.78 is 5.68. The van der Waals surface area contributed by atoms with Gasteiger partial charge in [0.25, 0.3) is 11.7 Å². The number of nitrogens with zero attached hydrogens (tertiary/aromatic N) is 4. The summed E-state index contributed by atoms with van der Waals surface area (Å²) in [6, 6.07) is 13.5. The minimum Gasteiger partial charge on any atom is -0.494 e. The quantitative estimate of drug-likeness (QED) is 0.240. The van der Waals surface area contributed by atoms with E-state index in [2.05, 4.69) is 55.9 Å². The van der Waals surface area contributed by atoms with E-state index in [0.717, 1.165) is 44.5 Å². The van der Waals surface area contributed by atoms with Crippen LogP contribution in [0.2, 0.25) is 5.02 Å². The maximum absolute atomic E-state index is 12.8. The van der Waals surface area contributed by atoms with Crippen molar-refractivity contribution in [3.05, 3.63) is 59.2 Å². The van der Waals surface area contributed by atoms with Gasteiger partial charge in [-0.1, -0.05) is 23.7 Å². The highest BCUT2D eigenvalue weighted by atomic mass is 35.5. The number of halogens is 1. The Hall–Kier alpha value is -3.89. The van der Waals surface area contributed by atoms with E-state index in [4.69, 9.17) is 16.3 Å². The third-order valence-electron chi connectivity index (χ3n) is 7.28. The Balaban J connectivity index is 1.31. The monoisotopic (exact) mass is 563 g/mol. The molecule has 2 fully saturated rings. The van der Waals surface area contributed by atoms with Crippen LogP contribution in [0, 0.1) is 0 Å². The third-order valence-corrected chi connectivity index (χ3v) is 7.56. The van der Waals surface area contributed by atoms with Crippen molar-refractivity contribution in [2.24, 2.45) is 0 Å². The van der Waals surface area contributed by atoms with Gasteiger partial charge in [0.05, 0.1) is 30.2 Å². The number of anilines is 5. The van der Waals surface area contributed by atoms with E-state index in [0.29, 0.717) is 34.9 Å². The molecule has 0 atom stereocenters. The Morgan fingerprint density at radius 2 is 1.77 bits per heavy atom. The largest absolute Gasteiger partial charge is 0.494 e. The highest BCUT2D eigenvalue weighted by molar-refractivity contribution is 6.44. The van der Waals surface area contributed by atoms with E-state index in [1.807, 2.05) is 12.1 Å². The van der Waals surface area contributed by atoms with Crippen LogP contribution in [-0.2, 0) is 4.79 Å². The molecule has 3 aromatic rings. The number of carbonyl (C=O) groups is 2. The fraction of sp³-hybridized carbons (Fsp3) is 0.379. The number of piperidine rings is 1. The molecule has 210 valence electrons. The van der Waals surface area contributed by atoms with Crippen molar-refractivity contribution >= 4 is 52.1 Å². The van der Waals surface area contributed by atoms with Gasteiger partial charge in [-0.25, -0.2) is 4.98 Å². The van der Waals surface area contributed by atoms with Crippen molar-refractivity contribution < 1.29 is 14.3 Å². The van der Waals surface area contributed by atoms with Crippen LogP contribution >= 0.6 is 11.6 Å². The Morgan fingerprint density at radius 3 is 2.48 bits per heavy atom. The van der Waals surface area contributed by atoms with Gasteiger partial charge in [-0.05, 0) is 64.0 Å². The minimum absolute atomic E-state index is 0.0860. The molecule has 1 aromatic heterocycles. The molecule has 2 heterocycles. The SMILES string of the molecule is COc1cc(N2CCC(N(C)C)CC2)ccc1Nc1ncc(Cl)c(Nc2ccccc2C(=O)C(=O)NC2CC2)n1. The molecule has 1 saturated carbocycles. The lowest BCUT2D eigenvalue weighted by Gasteiger charge is -2.36. The highest BCUT2D eigenvalue weighted by Crippen LogP contribution is 2.34. The van der Waals surface area contributed by atoms with Crippen LogP contribution in [0.4, 0.5) is 28.8 Å². The molecule has 40 heavy (non-hydrogen) atoms. The zero-order valence-electron chi connectivity index (χ0n) is 22.9. The van der Waals surface area contributed by atoms with Gasteiger partial charge in [-0.15, -0.1) is 0 Å². The fourth-order valence-electron chi connectivity index (χ4n) is 4.77. The molecule has 2 aliphatic rings. The second-order valence-corrected chi connectivity index (χ2v) is 10.7. The van der Waals surface area contributed by atoms with Crippen molar-refractivity contribution in [1.29, 1.82) is 0 Å². The second-order valence-electron chi connectivity index (χ2n) is 10.3. The number of benzene rings is 2. The van der Waals surface area contributed by atoms with Gasteiger partial charge in [0.1, 0.15) is 10.8 Å². The van der Waals surface area contributed by atoms with Gasteiger partial charge >= 0.3 is 0 Å². The average molecular weight is 564 g/mol. The number of ketones is 1. The molecule has 1 amide bonds. The molecule has 10 nitrogen and oxygen atoms in total. The van der Waals surface area contributed by atoms with E-state index in [9.17, 15) is 9.59 Å². The molecule has 5 rings (SSSR count). The van der Waals surface area contributed by atoms with E-state index >= 15 is 0 Å². The first kappa shape index (κ1) is 27.7. The van der Waals surface area contributed by atoms with Crippen LogP contribution in [0.15, 0.2) is 48.7 Å². The molecule has 3 N–H and O–H groups in total. The molecule has 0 spiro atoms. The van der Waals surface area contributed by atoms with Crippen molar-refractivity contribution in [2.45, 2.75) is 37.8 Å². The van der Waals surface area contributed by atoms with Gasteiger partial charge in [0.2, 0.25) is 5.95 Å². The van der Waals surface area contributed by atoms with Crippen LogP contribution in [0.25, 0.3) is 0 Å². The smallest absolute Gasteiger partial charge is 0.292 e. The van der Waals surface area contributed by atoms with Crippen LogP contribution in [0.5, 0.6) is 5.75 Å². The van der Waals surface area contributed by atoms with Crippen LogP contribution in [0.1, 0.15) is 36.0 Å². The predicted molar refractivity (Wildman–Crippen MR) is 157 cm³/mol. The zero-order valence-corrected chi connectivity index (χ0v) is 23.7. The number of amides is 1. The molecule has 1 aliphatic heterocycles. The summed E-state index contributed by atoms with van der Waals surface area (Å²) in [5, 5.41) is 9.31. The van der Waals surface area contributed by atoms with E-state index in [1.54, 1.807) is 31.4 Å². The lowest BCUT2D eigenvalue weighted by molar-refractivity contribution is -0.117. The van der Waals surface area contributed by atoms with Gasteiger partial charge in [-0.2, -0.15) is 4.98 Å². The number of hydrogen-bond acceptors (Lipinski definition) is 9. The number of aromatic nitrogens is 2. The number of methoxy groups -OCH3 is 1. The Morgan fingerprint density at radius 1 is 1.02 bits per heavy atom. The van der Waals surface area contributed by atoms with Crippen LogP contribution in [-0.4, -0.2) is 72.9 Å². The molecular formula is C29H34ClN7O3. The van der Waals surface area contributed by atoms with E-state index in [-0.39, 0.29) is 16.6 Å². The van der Waals surface area contributed by atoms with Crippen molar-refractivity contribution in [3.8, 4) is 5.75 Å². The summed E-state index contributed by atoms with van der Waals surface area (Å²) in [4.78, 5) is 38.7. The van der Waals surface area contributed by atoms with Gasteiger partial charge in [-0.3, -0.25) is 9.59 Å². The van der Waals surface area contributed by atoms with Crippen LogP contribution < -0.4 is 25.6 Å². The van der Waals surface area contributed by atoms with Crippen molar-refractivity contribution in [1.82, 2.24) is 20.2 Å². The molecule has 11 heteroatoms. The summed E-state index contributed by atoms with van der Waals surface area (Å²) in [6.07, 6.45) is 5.49. The molecule has 0 radical (unpaired) electrons. The number of ether oxygens (including phenoxy) is 1.